The molecule has 8 heteroatoms. The third-order valence-corrected chi connectivity index (χ3v) is 7.37. The number of carbonyl (C=O) groups excluding carboxylic acids is 3. The number of hydrogen-bond acceptors (Lipinski definition) is 4. The van der Waals surface area contributed by atoms with Gasteiger partial charge >= 0.3 is 6.03 Å². The molecule has 4 amide bonds. The van der Waals surface area contributed by atoms with E-state index in [4.69, 9.17) is 0 Å². The van der Waals surface area contributed by atoms with E-state index in [9.17, 15) is 18.8 Å². The zero-order chi connectivity index (χ0) is 23.2. The third-order valence-electron chi connectivity index (χ3n) is 6.25. The standard InChI is InChI=1S/C25H22FN3O3S/c1-25(17-7-6-15-4-2-3-5-16(15)12-17)23(31)29(24(32)28-25)14-22(30)27-20-10-11-33-21-9-8-18(26)13-19(20)21/h2-9,12-13,20H,10-11,14H2,1H3,(H,27,30)(H,28,32)/t20-,25-/m1/s1. The van der Waals surface area contributed by atoms with E-state index in [2.05, 4.69) is 10.6 Å². The summed E-state index contributed by atoms with van der Waals surface area (Å²) < 4.78 is 13.8. The van der Waals surface area contributed by atoms with Crippen LogP contribution in [0.25, 0.3) is 10.8 Å². The summed E-state index contributed by atoms with van der Waals surface area (Å²) in [4.78, 5) is 40.6. The highest BCUT2D eigenvalue weighted by Crippen LogP contribution is 2.36. The van der Waals surface area contributed by atoms with E-state index in [0.717, 1.165) is 31.9 Å². The number of hydrogen-bond donors (Lipinski definition) is 2. The lowest BCUT2D eigenvalue weighted by molar-refractivity contribution is -0.135. The summed E-state index contributed by atoms with van der Waals surface area (Å²) in [6.07, 6.45) is 0.641. The molecule has 2 heterocycles. The fourth-order valence-electron chi connectivity index (χ4n) is 4.44. The van der Waals surface area contributed by atoms with Gasteiger partial charge in [-0.1, -0.05) is 36.4 Å². The Morgan fingerprint density at radius 1 is 1.15 bits per heavy atom. The second-order valence-corrected chi connectivity index (χ2v) is 9.58. The Balaban J connectivity index is 1.33. The first-order valence-electron chi connectivity index (χ1n) is 10.7. The van der Waals surface area contributed by atoms with Gasteiger partial charge in [-0.15, -0.1) is 11.8 Å². The molecular weight excluding hydrogens is 441 g/mol. The van der Waals surface area contributed by atoms with Crippen LogP contribution in [0.2, 0.25) is 0 Å². The summed E-state index contributed by atoms with van der Waals surface area (Å²) in [5.41, 5.74) is 0.104. The van der Waals surface area contributed by atoms with Gasteiger partial charge in [0, 0.05) is 10.6 Å². The minimum atomic E-state index is -1.27. The van der Waals surface area contributed by atoms with Crippen molar-refractivity contribution in [2.75, 3.05) is 12.3 Å². The average Bonchev–Trinajstić information content (AvgIpc) is 3.03. The molecule has 0 aromatic heterocycles. The number of carbonyl (C=O) groups is 3. The normalized spacial score (nSPS) is 22.2. The number of thioether (sulfide) groups is 1. The van der Waals surface area contributed by atoms with Crippen LogP contribution >= 0.6 is 11.8 Å². The fourth-order valence-corrected chi connectivity index (χ4v) is 5.54. The van der Waals surface area contributed by atoms with Crippen LogP contribution in [-0.4, -0.2) is 35.0 Å². The van der Waals surface area contributed by atoms with Crippen molar-refractivity contribution >= 4 is 40.4 Å². The Labute approximate surface area is 194 Å². The maximum atomic E-state index is 13.8. The number of amides is 4. The first-order chi connectivity index (χ1) is 15.8. The number of benzene rings is 3. The molecule has 0 saturated carbocycles. The van der Waals surface area contributed by atoms with Crippen LogP contribution in [0.3, 0.4) is 0 Å². The molecule has 6 nitrogen and oxygen atoms in total. The summed E-state index contributed by atoms with van der Waals surface area (Å²) in [7, 11) is 0. The fraction of sp³-hybridized carbons (Fsp3) is 0.240. The molecule has 0 aliphatic carbocycles. The zero-order valence-electron chi connectivity index (χ0n) is 17.9. The molecule has 1 saturated heterocycles. The monoisotopic (exact) mass is 463 g/mol. The Hall–Kier alpha value is -3.39. The highest BCUT2D eigenvalue weighted by atomic mass is 32.2. The van der Waals surface area contributed by atoms with Crippen molar-refractivity contribution in [3.05, 3.63) is 77.6 Å². The average molecular weight is 464 g/mol. The minimum absolute atomic E-state index is 0.364. The van der Waals surface area contributed by atoms with Gasteiger partial charge in [0.15, 0.2) is 0 Å². The molecule has 2 aliphatic rings. The Morgan fingerprint density at radius 3 is 2.76 bits per heavy atom. The molecule has 0 bridgehead atoms. The van der Waals surface area contributed by atoms with E-state index in [1.807, 2.05) is 42.5 Å². The van der Waals surface area contributed by atoms with E-state index < -0.39 is 29.9 Å². The van der Waals surface area contributed by atoms with E-state index in [0.29, 0.717) is 12.0 Å². The Kier molecular flexibility index (Phi) is 5.32. The maximum absolute atomic E-state index is 13.8. The van der Waals surface area contributed by atoms with E-state index in [1.165, 1.54) is 12.1 Å². The number of imide groups is 1. The molecule has 1 fully saturated rings. The van der Waals surface area contributed by atoms with E-state index in [-0.39, 0.29) is 11.9 Å². The van der Waals surface area contributed by atoms with Gasteiger partial charge in [-0.05, 0) is 59.5 Å². The van der Waals surface area contributed by atoms with Crippen molar-refractivity contribution in [2.45, 2.75) is 29.8 Å². The molecular formula is C25H22FN3O3S. The molecule has 3 aromatic rings. The van der Waals surface area contributed by atoms with Crippen molar-refractivity contribution < 1.29 is 18.8 Å². The van der Waals surface area contributed by atoms with Gasteiger partial charge in [0.1, 0.15) is 17.9 Å². The number of fused-ring (bicyclic) bond motifs is 2. The zero-order valence-corrected chi connectivity index (χ0v) is 18.7. The van der Waals surface area contributed by atoms with Crippen LogP contribution in [0.5, 0.6) is 0 Å². The molecule has 0 spiro atoms. The number of halogens is 1. The van der Waals surface area contributed by atoms with Gasteiger partial charge in [0.2, 0.25) is 5.91 Å². The van der Waals surface area contributed by atoms with Gasteiger partial charge in [-0.3, -0.25) is 14.5 Å². The van der Waals surface area contributed by atoms with Gasteiger partial charge in [0.05, 0.1) is 6.04 Å². The maximum Gasteiger partial charge on any atom is 0.325 e. The van der Waals surface area contributed by atoms with Gasteiger partial charge < -0.3 is 10.6 Å². The molecule has 2 aliphatic heterocycles. The summed E-state index contributed by atoms with van der Waals surface area (Å²) in [6.45, 7) is 1.24. The second kappa shape index (κ2) is 8.19. The first-order valence-corrected chi connectivity index (χ1v) is 11.7. The highest BCUT2D eigenvalue weighted by molar-refractivity contribution is 7.99. The quantitative estimate of drug-likeness (QED) is 0.571. The van der Waals surface area contributed by atoms with Crippen LogP contribution in [-0.2, 0) is 15.1 Å². The molecule has 3 aromatic carbocycles. The summed E-state index contributed by atoms with van der Waals surface area (Å²) in [5.74, 6) is -0.528. The van der Waals surface area contributed by atoms with E-state index in [1.54, 1.807) is 24.8 Å². The molecule has 5 rings (SSSR count). The molecule has 2 N–H and O–H groups in total. The largest absolute Gasteiger partial charge is 0.348 e. The van der Waals surface area contributed by atoms with Crippen molar-refractivity contribution in [2.24, 2.45) is 0 Å². The number of urea groups is 1. The Bertz CT molecular complexity index is 1300. The summed E-state index contributed by atoms with van der Waals surface area (Å²) in [6, 6.07) is 16.9. The number of rotatable bonds is 4. The predicted octanol–water partition coefficient (Wildman–Crippen LogP) is 4.10. The van der Waals surface area contributed by atoms with Crippen molar-refractivity contribution in [1.82, 2.24) is 15.5 Å². The molecule has 168 valence electrons. The SMILES string of the molecule is C[C@]1(c2ccc3ccccc3c2)NC(=O)N(CC(=O)N[C@@H]2CCSc3ccc(F)cc32)C1=O. The van der Waals surface area contributed by atoms with Gasteiger partial charge in [-0.25, -0.2) is 9.18 Å². The van der Waals surface area contributed by atoms with Crippen LogP contribution in [0.4, 0.5) is 9.18 Å². The number of nitrogens with zero attached hydrogens (tertiary/aromatic N) is 1. The predicted molar refractivity (Wildman–Crippen MR) is 124 cm³/mol. The lowest BCUT2D eigenvalue weighted by Gasteiger charge is -2.27. The van der Waals surface area contributed by atoms with Crippen molar-refractivity contribution in [3.8, 4) is 0 Å². The van der Waals surface area contributed by atoms with Crippen LogP contribution in [0.1, 0.15) is 30.5 Å². The van der Waals surface area contributed by atoms with Crippen LogP contribution < -0.4 is 10.6 Å². The number of nitrogens with one attached hydrogen (secondary N) is 2. The van der Waals surface area contributed by atoms with Gasteiger partial charge in [-0.2, -0.15) is 0 Å². The smallest absolute Gasteiger partial charge is 0.325 e. The van der Waals surface area contributed by atoms with E-state index >= 15 is 0 Å². The second-order valence-electron chi connectivity index (χ2n) is 8.45. The highest BCUT2D eigenvalue weighted by Gasteiger charge is 2.49. The first kappa shape index (κ1) is 21.5. The Morgan fingerprint density at radius 2 is 1.94 bits per heavy atom. The molecule has 0 radical (unpaired) electrons. The molecule has 33 heavy (non-hydrogen) atoms. The minimum Gasteiger partial charge on any atom is -0.348 e. The van der Waals surface area contributed by atoms with Crippen LogP contribution in [0.15, 0.2) is 65.6 Å². The molecule has 0 unspecified atom stereocenters. The lowest BCUT2D eigenvalue weighted by atomic mass is 9.90. The van der Waals surface area contributed by atoms with Crippen molar-refractivity contribution in [1.29, 1.82) is 0 Å². The molecule has 2 atom stereocenters. The summed E-state index contributed by atoms with van der Waals surface area (Å²) in [5, 5.41) is 7.60. The topological polar surface area (TPSA) is 78.5 Å². The third kappa shape index (κ3) is 3.84. The van der Waals surface area contributed by atoms with Crippen LogP contribution in [0, 0.1) is 5.82 Å². The van der Waals surface area contributed by atoms with Gasteiger partial charge in [0.25, 0.3) is 5.91 Å². The summed E-state index contributed by atoms with van der Waals surface area (Å²) >= 11 is 1.61. The lowest BCUT2D eigenvalue weighted by Crippen LogP contribution is -2.44. The van der Waals surface area contributed by atoms with Crippen molar-refractivity contribution in [3.63, 3.8) is 0 Å².